The molecule has 2 aliphatic rings. The maximum Gasteiger partial charge on any atom is 0.217 e. The van der Waals surface area contributed by atoms with Crippen LogP contribution < -0.4 is 9.64 Å². The zero-order chi connectivity index (χ0) is 22.0. The molecule has 1 saturated carbocycles. The summed E-state index contributed by atoms with van der Waals surface area (Å²) in [7, 11) is 0. The van der Waals surface area contributed by atoms with E-state index >= 15 is 0 Å². The van der Waals surface area contributed by atoms with E-state index in [1.165, 1.54) is 30.5 Å². The second-order valence-electron chi connectivity index (χ2n) is 8.37. The first kappa shape index (κ1) is 22.4. The number of ether oxygens (including phenoxy) is 2. The standard InChI is InChI=1S/C25H33N5O2/c1-20-6-5-7-21(16-20)19-27-29-24-17-23(30-11-14-31-15-12-30)18-25(28-24)32-13-10-26-22-8-3-2-4-9-22/h5-7,16-18H,2-4,8-15,19H2,1H3. The number of pyridine rings is 1. The van der Waals surface area contributed by atoms with Crippen LogP contribution in [0.2, 0.25) is 0 Å². The van der Waals surface area contributed by atoms with Crippen LogP contribution in [-0.2, 0) is 11.3 Å². The Hall–Kier alpha value is -2.80. The number of aryl methyl sites for hydroxylation is 1. The van der Waals surface area contributed by atoms with E-state index in [1.54, 1.807) is 0 Å². The monoisotopic (exact) mass is 435 g/mol. The lowest BCUT2D eigenvalue weighted by atomic mass is 9.99. The van der Waals surface area contributed by atoms with Gasteiger partial charge in [0.05, 0.1) is 26.3 Å². The molecule has 1 saturated heterocycles. The summed E-state index contributed by atoms with van der Waals surface area (Å²) in [6.07, 6.45) is 6.13. The quantitative estimate of drug-likeness (QED) is 0.417. The Kier molecular flexibility index (Phi) is 8.20. The third-order valence-electron chi connectivity index (χ3n) is 5.77. The molecule has 0 atom stereocenters. The van der Waals surface area contributed by atoms with Crippen LogP contribution in [0.4, 0.5) is 11.5 Å². The number of anilines is 1. The number of aliphatic imine (C=N–C) groups is 1. The molecule has 7 heteroatoms. The molecular weight excluding hydrogens is 402 g/mol. The summed E-state index contributed by atoms with van der Waals surface area (Å²) in [4.78, 5) is 11.6. The van der Waals surface area contributed by atoms with Crippen molar-refractivity contribution < 1.29 is 9.47 Å². The van der Waals surface area contributed by atoms with Gasteiger partial charge in [0, 0.05) is 36.6 Å². The van der Waals surface area contributed by atoms with Gasteiger partial charge in [0.2, 0.25) is 5.88 Å². The van der Waals surface area contributed by atoms with Crippen molar-refractivity contribution in [2.45, 2.75) is 45.6 Å². The number of aromatic nitrogens is 1. The van der Waals surface area contributed by atoms with Crippen molar-refractivity contribution in [2.75, 3.05) is 44.4 Å². The molecule has 2 aromatic rings. The first-order valence-electron chi connectivity index (χ1n) is 11.7. The molecule has 1 aromatic heterocycles. The SMILES string of the molecule is Cc1cccc(CN=Nc2cc(N3CCOCC3)cc(OCCN=C3CCCCC3)n2)c1. The Labute approximate surface area is 190 Å². The molecule has 170 valence electrons. The largest absolute Gasteiger partial charge is 0.476 e. The number of hydrogen-bond acceptors (Lipinski definition) is 7. The Morgan fingerprint density at radius 3 is 2.72 bits per heavy atom. The van der Waals surface area contributed by atoms with Gasteiger partial charge in [0.15, 0.2) is 5.82 Å². The van der Waals surface area contributed by atoms with E-state index < -0.39 is 0 Å². The van der Waals surface area contributed by atoms with E-state index in [4.69, 9.17) is 14.5 Å². The van der Waals surface area contributed by atoms with Crippen LogP contribution in [0.25, 0.3) is 0 Å². The number of hydrogen-bond donors (Lipinski definition) is 0. The number of morpholine rings is 1. The van der Waals surface area contributed by atoms with Gasteiger partial charge in [-0.25, -0.2) is 0 Å². The van der Waals surface area contributed by atoms with Crippen molar-refractivity contribution in [3.8, 4) is 5.88 Å². The molecule has 1 aliphatic heterocycles. The fraction of sp³-hybridized carbons (Fsp3) is 0.520. The molecule has 0 N–H and O–H groups in total. The number of rotatable bonds is 8. The first-order chi connectivity index (χ1) is 15.8. The van der Waals surface area contributed by atoms with Crippen LogP contribution >= 0.6 is 0 Å². The van der Waals surface area contributed by atoms with Crippen molar-refractivity contribution in [3.63, 3.8) is 0 Å². The molecule has 32 heavy (non-hydrogen) atoms. The summed E-state index contributed by atoms with van der Waals surface area (Å²) in [5.74, 6) is 1.14. The predicted octanol–water partition coefficient (Wildman–Crippen LogP) is 5.29. The van der Waals surface area contributed by atoms with Crippen LogP contribution in [-0.4, -0.2) is 50.2 Å². The Bertz CT molecular complexity index is 930. The molecule has 0 unspecified atom stereocenters. The lowest BCUT2D eigenvalue weighted by Gasteiger charge is -2.29. The number of azo groups is 1. The third-order valence-corrected chi connectivity index (χ3v) is 5.77. The predicted molar refractivity (Wildman–Crippen MR) is 128 cm³/mol. The minimum Gasteiger partial charge on any atom is -0.476 e. The molecule has 0 spiro atoms. The Balaban J connectivity index is 1.42. The molecular formula is C25H33N5O2. The van der Waals surface area contributed by atoms with Gasteiger partial charge in [-0.1, -0.05) is 36.2 Å². The van der Waals surface area contributed by atoms with Crippen LogP contribution in [0.5, 0.6) is 5.88 Å². The average molecular weight is 436 g/mol. The van der Waals surface area contributed by atoms with Gasteiger partial charge in [-0.05, 0) is 38.2 Å². The summed E-state index contributed by atoms with van der Waals surface area (Å²) in [5.41, 5.74) is 4.73. The molecule has 0 radical (unpaired) electrons. The molecule has 2 heterocycles. The zero-order valence-electron chi connectivity index (χ0n) is 19.0. The van der Waals surface area contributed by atoms with E-state index in [-0.39, 0.29) is 0 Å². The minimum atomic E-state index is 0.517. The Morgan fingerprint density at radius 1 is 1.06 bits per heavy atom. The smallest absolute Gasteiger partial charge is 0.217 e. The van der Waals surface area contributed by atoms with Crippen LogP contribution in [0.1, 0.15) is 43.2 Å². The molecule has 0 amide bonds. The maximum atomic E-state index is 5.97. The zero-order valence-corrected chi connectivity index (χ0v) is 19.0. The molecule has 2 fully saturated rings. The second kappa shape index (κ2) is 11.7. The van der Waals surface area contributed by atoms with Gasteiger partial charge in [-0.3, -0.25) is 4.99 Å². The Morgan fingerprint density at radius 2 is 1.91 bits per heavy atom. The molecule has 7 nitrogen and oxygen atoms in total. The summed E-state index contributed by atoms with van der Waals surface area (Å²) in [5, 5.41) is 8.78. The minimum absolute atomic E-state index is 0.517. The van der Waals surface area contributed by atoms with E-state index in [1.807, 2.05) is 18.2 Å². The summed E-state index contributed by atoms with van der Waals surface area (Å²) >= 11 is 0. The summed E-state index contributed by atoms with van der Waals surface area (Å²) in [6.45, 7) is 6.93. The van der Waals surface area contributed by atoms with Crippen LogP contribution in [0.3, 0.4) is 0 Å². The summed E-state index contributed by atoms with van der Waals surface area (Å²) in [6, 6.07) is 12.3. The highest BCUT2D eigenvalue weighted by Gasteiger charge is 2.14. The van der Waals surface area contributed by atoms with Crippen molar-refractivity contribution in [2.24, 2.45) is 15.2 Å². The van der Waals surface area contributed by atoms with Gasteiger partial charge in [-0.2, -0.15) is 10.1 Å². The third kappa shape index (κ3) is 6.85. The normalized spacial score (nSPS) is 17.0. The van der Waals surface area contributed by atoms with Gasteiger partial charge in [-0.15, -0.1) is 5.11 Å². The van der Waals surface area contributed by atoms with Gasteiger partial charge >= 0.3 is 0 Å². The lowest BCUT2D eigenvalue weighted by molar-refractivity contribution is 0.122. The molecule has 1 aliphatic carbocycles. The summed E-state index contributed by atoms with van der Waals surface area (Å²) < 4.78 is 11.5. The average Bonchev–Trinajstić information content (AvgIpc) is 2.83. The highest BCUT2D eigenvalue weighted by Crippen LogP contribution is 2.26. The fourth-order valence-corrected chi connectivity index (χ4v) is 4.08. The van der Waals surface area contributed by atoms with Gasteiger partial charge < -0.3 is 14.4 Å². The topological polar surface area (TPSA) is 71.7 Å². The van der Waals surface area contributed by atoms with E-state index in [2.05, 4.69) is 45.2 Å². The molecule has 1 aromatic carbocycles. The van der Waals surface area contributed by atoms with Gasteiger partial charge in [0.1, 0.15) is 6.61 Å². The highest BCUT2D eigenvalue weighted by atomic mass is 16.5. The van der Waals surface area contributed by atoms with E-state index in [9.17, 15) is 0 Å². The van der Waals surface area contributed by atoms with E-state index in [0.29, 0.717) is 31.4 Å². The van der Waals surface area contributed by atoms with Gasteiger partial charge in [0.25, 0.3) is 0 Å². The van der Waals surface area contributed by atoms with Crippen molar-refractivity contribution in [1.29, 1.82) is 0 Å². The number of benzene rings is 1. The number of nitrogens with zero attached hydrogens (tertiary/aromatic N) is 5. The van der Waals surface area contributed by atoms with Crippen molar-refractivity contribution in [1.82, 2.24) is 4.98 Å². The maximum absolute atomic E-state index is 5.97. The highest BCUT2D eigenvalue weighted by molar-refractivity contribution is 5.85. The fourth-order valence-electron chi connectivity index (χ4n) is 4.08. The van der Waals surface area contributed by atoms with Crippen LogP contribution in [0.15, 0.2) is 51.6 Å². The second-order valence-corrected chi connectivity index (χ2v) is 8.37. The van der Waals surface area contributed by atoms with Crippen molar-refractivity contribution >= 4 is 17.2 Å². The van der Waals surface area contributed by atoms with E-state index in [0.717, 1.165) is 50.4 Å². The first-order valence-corrected chi connectivity index (χ1v) is 11.7. The van der Waals surface area contributed by atoms with Crippen molar-refractivity contribution in [3.05, 3.63) is 47.5 Å². The molecule has 4 rings (SSSR count). The van der Waals surface area contributed by atoms with Crippen LogP contribution in [0, 0.1) is 6.92 Å². The molecule has 0 bridgehead atoms. The lowest BCUT2D eigenvalue weighted by Crippen LogP contribution is -2.36.